The van der Waals surface area contributed by atoms with Gasteiger partial charge in [-0.15, -0.1) is 10.2 Å². The van der Waals surface area contributed by atoms with Crippen molar-refractivity contribution in [1.82, 2.24) is 24.1 Å². The van der Waals surface area contributed by atoms with Gasteiger partial charge in [-0.25, -0.2) is 22.5 Å². The third-order valence-corrected chi connectivity index (χ3v) is 6.57. The first-order valence-corrected chi connectivity index (χ1v) is 9.69. The van der Waals surface area contributed by atoms with E-state index in [4.69, 9.17) is 0 Å². The zero-order valence-corrected chi connectivity index (χ0v) is 14.7. The number of imidazole rings is 1. The van der Waals surface area contributed by atoms with Crippen LogP contribution in [0.3, 0.4) is 0 Å². The highest BCUT2D eigenvalue weighted by molar-refractivity contribution is 7.89. The number of nitrogens with zero attached hydrogens (tertiary/aromatic N) is 4. The molecule has 0 saturated heterocycles. The van der Waals surface area contributed by atoms with Crippen molar-refractivity contribution in [3.8, 4) is 5.13 Å². The van der Waals surface area contributed by atoms with E-state index in [1.54, 1.807) is 13.1 Å². The van der Waals surface area contributed by atoms with Crippen LogP contribution in [-0.2, 0) is 17.1 Å². The number of nitrogens with one attached hydrogen (secondary N) is 1. The van der Waals surface area contributed by atoms with Crippen LogP contribution < -0.4 is 10.4 Å². The molecule has 0 radical (unpaired) electrons. The number of sulfonamides is 1. The average Bonchev–Trinajstić information content (AvgIpc) is 2.96. The maximum Gasteiger partial charge on any atom is 0.335 e. The Balaban J connectivity index is 1.92. The lowest BCUT2D eigenvalue weighted by Crippen LogP contribution is -2.34. The van der Waals surface area contributed by atoms with Crippen LogP contribution in [0.25, 0.3) is 16.2 Å². The van der Waals surface area contributed by atoms with Gasteiger partial charge in [0.2, 0.25) is 15.2 Å². The van der Waals surface area contributed by atoms with Crippen LogP contribution in [-0.4, -0.2) is 33.3 Å². The quantitative estimate of drug-likeness (QED) is 0.744. The smallest absolute Gasteiger partial charge is 0.295 e. The Kier molecular flexibility index (Phi) is 3.21. The SMILES string of the molecule is Cn1c(=O)n(-c2nncs2)c2cc(S(=O)(=O)NC3(C)CC3)ccc21. The summed E-state index contributed by atoms with van der Waals surface area (Å²) in [6.07, 6.45) is 1.66. The molecule has 2 aromatic heterocycles. The Labute approximate surface area is 141 Å². The minimum absolute atomic E-state index is 0.131. The molecule has 0 amide bonds. The summed E-state index contributed by atoms with van der Waals surface area (Å²) in [5, 5.41) is 8.08. The number of benzene rings is 1. The Morgan fingerprint density at radius 2 is 2.04 bits per heavy atom. The minimum Gasteiger partial charge on any atom is -0.295 e. The van der Waals surface area contributed by atoms with E-state index in [0.29, 0.717) is 16.2 Å². The van der Waals surface area contributed by atoms with E-state index in [1.165, 1.54) is 38.1 Å². The fourth-order valence-electron chi connectivity index (χ4n) is 2.61. The van der Waals surface area contributed by atoms with E-state index in [-0.39, 0.29) is 16.1 Å². The van der Waals surface area contributed by atoms with E-state index in [1.807, 2.05) is 6.92 Å². The van der Waals surface area contributed by atoms with Gasteiger partial charge in [0.25, 0.3) is 0 Å². The van der Waals surface area contributed by atoms with Gasteiger partial charge in [-0.05, 0) is 38.0 Å². The lowest BCUT2D eigenvalue weighted by atomic mass is 10.3. The Morgan fingerprint density at radius 3 is 2.67 bits per heavy atom. The van der Waals surface area contributed by atoms with Gasteiger partial charge in [0.1, 0.15) is 5.51 Å². The molecule has 0 bridgehead atoms. The third-order valence-electron chi connectivity index (χ3n) is 4.26. The molecule has 126 valence electrons. The fourth-order valence-corrected chi connectivity index (χ4v) is 4.66. The molecular weight excluding hydrogens is 350 g/mol. The van der Waals surface area contributed by atoms with E-state index in [9.17, 15) is 13.2 Å². The van der Waals surface area contributed by atoms with Crippen LogP contribution in [0.5, 0.6) is 0 Å². The highest BCUT2D eigenvalue weighted by Crippen LogP contribution is 2.36. The van der Waals surface area contributed by atoms with Gasteiger partial charge < -0.3 is 0 Å². The summed E-state index contributed by atoms with van der Waals surface area (Å²) < 4.78 is 30.7. The Bertz CT molecular complexity index is 1090. The van der Waals surface area contributed by atoms with Gasteiger partial charge in [-0.3, -0.25) is 4.57 Å². The molecule has 1 N–H and O–H groups in total. The molecule has 2 heterocycles. The summed E-state index contributed by atoms with van der Waals surface area (Å²) in [6.45, 7) is 1.88. The highest BCUT2D eigenvalue weighted by Gasteiger charge is 2.41. The predicted octanol–water partition coefficient (Wildman–Crippen LogP) is 1.01. The van der Waals surface area contributed by atoms with Crippen molar-refractivity contribution in [1.29, 1.82) is 0 Å². The lowest BCUT2D eigenvalue weighted by molar-refractivity contribution is 0.558. The van der Waals surface area contributed by atoms with Gasteiger partial charge in [-0.1, -0.05) is 11.3 Å². The molecule has 1 saturated carbocycles. The molecule has 4 rings (SSSR count). The standard InChI is InChI=1S/C14H15N5O3S2/c1-14(5-6-14)17-24(21,22)9-3-4-10-11(7-9)19(13(20)18(10)2)12-16-15-8-23-12/h3-4,7-8,17H,5-6H2,1-2H3. The Morgan fingerprint density at radius 1 is 1.29 bits per heavy atom. The van der Waals surface area contributed by atoms with Crippen molar-refractivity contribution in [3.63, 3.8) is 0 Å². The molecule has 8 nitrogen and oxygen atoms in total. The number of aromatic nitrogens is 4. The summed E-state index contributed by atoms with van der Waals surface area (Å²) in [5.41, 5.74) is 1.99. The summed E-state index contributed by atoms with van der Waals surface area (Å²) >= 11 is 1.21. The predicted molar refractivity (Wildman–Crippen MR) is 89.9 cm³/mol. The van der Waals surface area contributed by atoms with Crippen LogP contribution in [0, 0.1) is 0 Å². The Hall–Kier alpha value is -2.04. The van der Waals surface area contributed by atoms with Crippen molar-refractivity contribution in [3.05, 3.63) is 34.2 Å². The van der Waals surface area contributed by atoms with Crippen molar-refractivity contribution >= 4 is 32.4 Å². The zero-order chi connectivity index (χ0) is 17.1. The number of fused-ring (bicyclic) bond motifs is 1. The molecule has 1 aromatic carbocycles. The molecular formula is C14H15N5O3S2. The van der Waals surface area contributed by atoms with Crippen molar-refractivity contribution in [2.24, 2.45) is 7.05 Å². The lowest BCUT2D eigenvalue weighted by Gasteiger charge is -2.12. The van der Waals surface area contributed by atoms with E-state index in [0.717, 1.165) is 12.8 Å². The van der Waals surface area contributed by atoms with Crippen molar-refractivity contribution < 1.29 is 8.42 Å². The van der Waals surface area contributed by atoms with Crippen LogP contribution in [0.1, 0.15) is 19.8 Å². The van der Waals surface area contributed by atoms with E-state index in [2.05, 4.69) is 14.9 Å². The second kappa shape index (κ2) is 4.98. The van der Waals surface area contributed by atoms with Gasteiger partial charge >= 0.3 is 5.69 Å². The average molecular weight is 365 g/mol. The topological polar surface area (TPSA) is 98.9 Å². The van der Waals surface area contributed by atoms with Gasteiger partial charge in [0, 0.05) is 12.6 Å². The van der Waals surface area contributed by atoms with Crippen molar-refractivity contribution in [2.75, 3.05) is 0 Å². The first-order valence-electron chi connectivity index (χ1n) is 7.33. The number of rotatable bonds is 4. The zero-order valence-electron chi connectivity index (χ0n) is 13.1. The fraction of sp³-hybridized carbons (Fsp3) is 0.357. The molecule has 1 aliphatic rings. The maximum absolute atomic E-state index is 12.6. The second-order valence-corrected chi connectivity index (χ2v) is 8.71. The third kappa shape index (κ3) is 2.38. The number of hydrogen-bond donors (Lipinski definition) is 1. The molecule has 1 aliphatic carbocycles. The molecule has 3 aromatic rings. The largest absolute Gasteiger partial charge is 0.335 e. The van der Waals surface area contributed by atoms with Crippen LogP contribution in [0.2, 0.25) is 0 Å². The molecule has 1 fully saturated rings. The molecule has 0 atom stereocenters. The molecule has 0 aliphatic heterocycles. The summed E-state index contributed by atoms with van der Waals surface area (Å²) in [6, 6.07) is 4.66. The molecule has 10 heteroatoms. The molecule has 24 heavy (non-hydrogen) atoms. The second-order valence-electron chi connectivity index (χ2n) is 6.21. The van der Waals surface area contributed by atoms with Gasteiger partial charge in [0.15, 0.2) is 0 Å². The number of aryl methyl sites for hydroxylation is 1. The van der Waals surface area contributed by atoms with Crippen LogP contribution in [0.15, 0.2) is 33.4 Å². The van der Waals surface area contributed by atoms with E-state index < -0.39 is 10.0 Å². The normalized spacial score (nSPS) is 16.6. The molecule has 0 spiro atoms. The minimum atomic E-state index is -3.64. The monoisotopic (exact) mass is 365 g/mol. The van der Waals surface area contributed by atoms with Gasteiger partial charge in [-0.2, -0.15) is 0 Å². The van der Waals surface area contributed by atoms with E-state index >= 15 is 0 Å². The molecule has 0 unspecified atom stereocenters. The first kappa shape index (κ1) is 15.5. The number of hydrogen-bond acceptors (Lipinski definition) is 6. The van der Waals surface area contributed by atoms with Crippen molar-refractivity contribution in [2.45, 2.75) is 30.2 Å². The summed E-state index contributed by atoms with van der Waals surface area (Å²) in [5.74, 6) is 0. The summed E-state index contributed by atoms with van der Waals surface area (Å²) in [7, 11) is -2.00. The van der Waals surface area contributed by atoms with Gasteiger partial charge in [0.05, 0.1) is 15.9 Å². The summed E-state index contributed by atoms with van der Waals surface area (Å²) in [4.78, 5) is 12.6. The van der Waals surface area contributed by atoms with Crippen LogP contribution in [0.4, 0.5) is 0 Å². The first-order chi connectivity index (χ1) is 11.3. The maximum atomic E-state index is 12.6. The van der Waals surface area contributed by atoms with Crippen LogP contribution >= 0.6 is 11.3 Å². The highest BCUT2D eigenvalue weighted by atomic mass is 32.2.